The summed E-state index contributed by atoms with van der Waals surface area (Å²) in [5.74, 6) is 0.406. The summed E-state index contributed by atoms with van der Waals surface area (Å²) < 4.78 is 2.48. The minimum Gasteiger partial charge on any atom is -0.342 e. The number of aromatic nitrogens is 3. The molecule has 2 aromatic carbocycles. The molecule has 1 aromatic heterocycles. The molecule has 1 heterocycles. The number of halogens is 2. The first kappa shape index (κ1) is 23.3. The number of aryl methyl sites for hydroxylation is 1. The zero-order valence-corrected chi connectivity index (χ0v) is 20.3. The minimum atomic E-state index is -0.346. The number of rotatable bonds is 7. The van der Waals surface area contributed by atoms with Crippen LogP contribution in [0.15, 0.2) is 52.1 Å². The second kappa shape index (κ2) is 10.3. The summed E-state index contributed by atoms with van der Waals surface area (Å²) in [6.45, 7) is 3.81. The molecule has 0 saturated carbocycles. The predicted molar refractivity (Wildman–Crippen MR) is 127 cm³/mol. The molecule has 0 aliphatic carbocycles. The van der Waals surface area contributed by atoms with Crippen molar-refractivity contribution in [1.29, 1.82) is 0 Å². The summed E-state index contributed by atoms with van der Waals surface area (Å²) in [6.07, 6.45) is 0. The van der Waals surface area contributed by atoms with Gasteiger partial charge in [0.1, 0.15) is 0 Å². The largest absolute Gasteiger partial charge is 0.342 e. The van der Waals surface area contributed by atoms with Crippen molar-refractivity contribution in [2.45, 2.75) is 25.0 Å². The Kier molecular flexibility index (Phi) is 7.74. The first-order valence-electron chi connectivity index (χ1n) is 9.39. The van der Waals surface area contributed by atoms with Crippen molar-refractivity contribution in [2.75, 3.05) is 11.1 Å². The SMILES string of the molecule is Cc1ccc(C(=O)N[C@H](C)c2nnc(SCC(=O)Nc3ccc(Cl)c(Br)c3)n2C)cc1. The van der Waals surface area contributed by atoms with Crippen molar-refractivity contribution in [1.82, 2.24) is 20.1 Å². The molecular formula is C21H21BrClN5O2S. The van der Waals surface area contributed by atoms with Crippen LogP contribution in [-0.2, 0) is 11.8 Å². The van der Waals surface area contributed by atoms with Gasteiger partial charge in [-0.05, 0) is 60.1 Å². The van der Waals surface area contributed by atoms with Gasteiger partial charge in [0.15, 0.2) is 11.0 Å². The van der Waals surface area contributed by atoms with Crippen LogP contribution in [-0.4, -0.2) is 32.3 Å². The van der Waals surface area contributed by atoms with Gasteiger partial charge in [-0.1, -0.05) is 41.1 Å². The van der Waals surface area contributed by atoms with Crippen molar-refractivity contribution in [2.24, 2.45) is 7.05 Å². The van der Waals surface area contributed by atoms with Crippen molar-refractivity contribution in [3.63, 3.8) is 0 Å². The van der Waals surface area contributed by atoms with Crippen LogP contribution in [0.4, 0.5) is 5.69 Å². The van der Waals surface area contributed by atoms with E-state index in [1.807, 2.05) is 26.0 Å². The smallest absolute Gasteiger partial charge is 0.251 e. The number of nitrogens with zero attached hydrogens (tertiary/aromatic N) is 3. The van der Waals surface area contributed by atoms with Crippen LogP contribution in [0, 0.1) is 6.92 Å². The average Bonchev–Trinajstić information content (AvgIpc) is 3.10. The Morgan fingerprint density at radius 1 is 1.19 bits per heavy atom. The molecule has 2 amide bonds. The van der Waals surface area contributed by atoms with E-state index in [1.165, 1.54) is 11.8 Å². The van der Waals surface area contributed by atoms with Gasteiger partial charge in [-0.15, -0.1) is 10.2 Å². The Labute approximate surface area is 198 Å². The van der Waals surface area contributed by atoms with Crippen molar-refractivity contribution in [3.05, 3.63) is 68.9 Å². The molecule has 3 rings (SSSR count). The zero-order valence-electron chi connectivity index (χ0n) is 17.1. The number of amides is 2. The first-order valence-corrected chi connectivity index (χ1v) is 11.5. The Balaban J connectivity index is 1.57. The Bertz CT molecular complexity index is 1100. The molecule has 7 nitrogen and oxygen atoms in total. The summed E-state index contributed by atoms with van der Waals surface area (Å²) >= 11 is 10.6. The molecular weight excluding hydrogens is 502 g/mol. The summed E-state index contributed by atoms with van der Waals surface area (Å²) in [7, 11) is 1.81. The minimum absolute atomic E-state index is 0.163. The fourth-order valence-electron chi connectivity index (χ4n) is 2.78. The van der Waals surface area contributed by atoms with Gasteiger partial charge < -0.3 is 15.2 Å². The van der Waals surface area contributed by atoms with Crippen LogP contribution < -0.4 is 10.6 Å². The molecule has 0 aliphatic heterocycles. The van der Waals surface area contributed by atoms with Gasteiger partial charge in [0, 0.05) is 22.8 Å². The lowest BCUT2D eigenvalue weighted by atomic mass is 10.1. The molecule has 31 heavy (non-hydrogen) atoms. The highest BCUT2D eigenvalue weighted by Gasteiger charge is 2.19. The number of benzene rings is 2. The van der Waals surface area contributed by atoms with Crippen LogP contribution >= 0.6 is 39.3 Å². The third-order valence-electron chi connectivity index (χ3n) is 4.45. The standard InChI is InChI=1S/C21H21BrClN5O2S/c1-12-4-6-14(7-5-12)20(30)24-13(2)19-26-27-21(28(19)3)31-11-18(29)25-15-8-9-17(23)16(22)10-15/h4-10,13H,11H2,1-3H3,(H,24,30)(H,25,29)/t13-/m1/s1. The number of carbonyl (C=O) groups excluding carboxylic acids is 2. The van der Waals surface area contributed by atoms with E-state index in [0.29, 0.717) is 31.7 Å². The lowest BCUT2D eigenvalue weighted by Gasteiger charge is -2.13. The van der Waals surface area contributed by atoms with Gasteiger partial charge in [-0.3, -0.25) is 9.59 Å². The van der Waals surface area contributed by atoms with Crippen LogP contribution in [0.1, 0.15) is 34.7 Å². The van der Waals surface area contributed by atoms with Gasteiger partial charge in [-0.2, -0.15) is 0 Å². The van der Waals surface area contributed by atoms with Crippen LogP contribution in [0.25, 0.3) is 0 Å². The summed E-state index contributed by atoms with van der Waals surface area (Å²) in [5, 5.41) is 15.2. The topological polar surface area (TPSA) is 88.9 Å². The normalized spacial score (nSPS) is 11.8. The molecule has 0 fully saturated rings. The Hall–Kier alpha value is -2.36. The Morgan fingerprint density at radius 2 is 1.90 bits per heavy atom. The highest BCUT2D eigenvalue weighted by Crippen LogP contribution is 2.26. The maximum absolute atomic E-state index is 12.5. The van der Waals surface area contributed by atoms with E-state index in [9.17, 15) is 9.59 Å². The van der Waals surface area contributed by atoms with E-state index in [1.54, 1.807) is 41.9 Å². The molecule has 0 bridgehead atoms. The predicted octanol–water partition coefficient (Wildman–Crippen LogP) is 4.76. The third kappa shape index (κ3) is 6.09. The maximum Gasteiger partial charge on any atom is 0.251 e. The number of anilines is 1. The highest BCUT2D eigenvalue weighted by atomic mass is 79.9. The second-order valence-corrected chi connectivity index (χ2v) is 9.13. The summed E-state index contributed by atoms with van der Waals surface area (Å²) in [6, 6.07) is 12.2. The van der Waals surface area contributed by atoms with E-state index in [4.69, 9.17) is 11.6 Å². The van der Waals surface area contributed by atoms with Crippen molar-refractivity contribution in [3.8, 4) is 0 Å². The number of carbonyl (C=O) groups is 2. The molecule has 3 aromatic rings. The lowest BCUT2D eigenvalue weighted by Crippen LogP contribution is -2.28. The zero-order chi connectivity index (χ0) is 22.5. The fraction of sp³-hybridized carbons (Fsp3) is 0.238. The molecule has 0 saturated heterocycles. The van der Waals surface area contributed by atoms with Gasteiger partial charge in [0.2, 0.25) is 5.91 Å². The van der Waals surface area contributed by atoms with E-state index in [0.717, 1.165) is 5.56 Å². The number of hydrogen-bond acceptors (Lipinski definition) is 5. The average molecular weight is 523 g/mol. The molecule has 0 unspecified atom stereocenters. The maximum atomic E-state index is 12.5. The van der Waals surface area contributed by atoms with Gasteiger partial charge in [0.05, 0.1) is 16.8 Å². The van der Waals surface area contributed by atoms with E-state index < -0.39 is 0 Å². The molecule has 0 radical (unpaired) electrons. The Morgan fingerprint density at radius 3 is 2.58 bits per heavy atom. The van der Waals surface area contributed by atoms with Gasteiger partial charge >= 0.3 is 0 Å². The molecule has 162 valence electrons. The molecule has 0 spiro atoms. The van der Waals surface area contributed by atoms with Crippen molar-refractivity contribution >= 4 is 56.8 Å². The molecule has 10 heteroatoms. The molecule has 0 aliphatic rings. The summed E-state index contributed by atoms with van der Waals surface area (Å²) in [4.78, 5) is 24.7. The van der Waals surface area contributed by atoms with Gasteiger partial charge in [0.25, 0.3) is 5.91 Å². The van der Waals surface area contributed by atoms with Crippen LogP contribution in [0.3, 0.4) is 0 Å². The molecule has 1 atom stereocenters. The lowest BCUT2D eigenvalue weighted by molar-refractivity contribution is -0.113. The van der Waals surface area contributed by atoms with Crippen molar-refractivity contribution < 1.29 is 9.59 Å². The third-order valence-corrected chi connectivity index (χ3v) is 6.69. The fourth-order valence-corrected chi connectivity index (χ4v) is 3.99. The first-order chi connectivity index (χ1) is 14.7. The van der Waals surface area contributed by atoms with E-state index in [2.05, 4.69) is 36.8 Å². The van der Waals surface area contributed by atoms with E-state index >= 15 is 0 Å². The second-order valence-electron chi connectivity index (χ2n) is 6.93. The number of thioether (sulfide) groups is 1. The highest BCUT2D eigenvalue weighted by molar-refractivity contribution is 9.10. The monoisotopic (exact) mass is 521 g/mol. The van der Waals surface area contributed by atoms with Crippen LogP contribution in [0.5, 0.6) is 0 Å². The molecule has 2 N–H and O–H groups in total. The van der Waals surface area contributed by atoms with Crippen LogP contribution in [0.2, 0.25) is 5.02 Å². The number of hydrogen-bond donors (Lipinski definition) is 2. The number of nitrogens with one attached hydrogen (secondary N) is 2. The quantitative estimate of drug-likeness (QED) is 0.437. The van der Waals surface area contributed by atoms with E-state index in [-0.39, 0.29) is 23.6 Å². The summed E-state index contributed by atoms with van der Waals surface area (Å²) in [5.41, 5.74) is 2.32. The van der Waals surface area contributed by atoms with Gasteiger partial charge in [-0.25, -0.2) is 0 Å².